The predicted molar refractivity (Wildman–Crippen MR) is 80.7 cm³/mol. The fourth-order valence-corrected chi connectivity index (χ4v) is 3.41. The maximum absolute atomic E-state index is 5.99. The maximum Gasteiger partial charge on any atom is 0.237 e. The second-order valence-corrected chi connectivity index (χ2v) is 5.68. The molecule has 102 valence electrons. The molecule has 4 nitrogen and oxygen atoms in total. The Morgan fingerprint density at radius 1 is 1.05 bits per heavy atom. The van der Waals surface area contributed by atoms with Crippen LogP contribution in [0.2, 0.25) is 0 Å². The fraction of sp³-hybridized carbons (Fsp3) is 0.375. The molecular weight excluding hydrogens is 248 g/mol. The van der Waals surface area contributed by atoms with Gasteiger partial charge in [-0.1, -0.05) is 31.4 Å². The zero-order valence-electron chi connectivity index (χ0n) is 11.4. The first-order chi connectivity index (χ1) is 9.83. The van der Waals surface area contributed by atoms with Crippen LogP contribution in [-0.4, -0.2) is 14.4 Å². The summed E-state index contributed by atoms with van der Waals surface area (Å²) in [7, 11) is 0. The molecule has 0 radical (unpaired) electrons. The van der Waals surface area contributed by atoms with Crippen molar-refractivity contribution >= 4 is 22.6 Å². The average molecular weight is 266 g/mol. The number of hydrogen-bond acceptors (Lipinski definition) is 3. The average Bonchev–Trinajstić information content (AvgIpc) is 2.85. The Balaban J connectivity index is 2.02. The first kappa shape index (κ1) is 11.7. The molecule has 1 aliphatic rings. The van der Waals surface area contributed by atoms with Gasteiger partial charge in [-0.05, 0) is 30.9 Å². The Bertz CT molecular complexity index is 769. The van der Waals surface area contributed by atoms with Crippen molar-refractivity contribution in [2.24, 2.45) is 0 Å². The van der Waals surface area contributed by atoms with Crippen LogP contribution in [0.3, 0.4) is 0 Å². The van der Waals surface area contributed by atoms with Gasteiger partial charge in [-0.15, -0.1) is 0 Å². The number of benzene rings is 1. The molecule has 4 heteroatoms. The summed E-state index contributed by atoms with van der Waals surface area (Å²) in [5.74, 6) is 1.88. The zero-order valence-corrected chi connectivity index (χ0v) is 11.4. The van der Waals surface area contributed by atoms with Crippen LogP contribution < -0.4 is 5.73 Å². The number of rotatable bonds is 1. The van der Waals surface area contributed by atoms with Crippen molar-refractivity contribution in [3.05, 3.63) is 36.0 Å². The van der Waals surface area contributed by atoms with Gasteiger partial charge in [-0.3, -0.25) is 4.40 Å². The second-order valence-electron chi connectivity index (χ2n) is 5.68. The molecule has 1 aromatic carbocycles. The van der Waals surface area contributed by atoms with E-state index in [0.29, 0.717) is 11.7 Å². The summed E-state index contributed by atoms with van der Waals surface area (Å²) in [6, 6.07) is 10.2. The standard InChI is InChI=1S/C16H18N4/c17-15-10-14(11-6-2-1-3-7-11)20-13-9-5-4-8-12(13)18-16(20)19-15/h4-5,8-11H,1-3,6-7H2,(H2,17,18,19). The molecule has 0 unspecified atom stereocenters. The molecule has 20 heavy (non-hydrogen) atoms. The molecular formula is C16H18N4. The summed E-state index contributed by atoms with van der Waals surface area (Å²) < 4.78 is 2.20. The molecule has 3 aromatic rings. The molecule has 0 spiro atoms. The monoisotopic (exact) mass is 266 g/mol. The largest absolute Gasteiger partial charge is 0.384 e. The highest BCUT2D eigenvalue weighted by Crippen LogP contribution is 2.34. The van der Waals surface area contributed by atoms with Gasteiger partial charge in [0.05, 0.1) is 11.0 Å². The summed E-state index contributed by atoms with van der Waals surface area (Å²) >= 11 is 0. The smallest absolute Gasteiger partial charge is 0.237 e. The number of anilines is 1. The molecule has 0 amide bonds. The maximum atomic E-state index is 5.99. The highest BCUT2D eigenvalue weighted by atomic mass is 15.1. The van der Waals surface area contributed by atoms with E-state index in [0.717, 1.165) is 16.8 Å². The van der Waals surface area contributed by atoms with E-state index in [1.165, 1.54) is 37.8 Å². The second kappa shape index (κ2) is 4.47. The number of imidazole rings is 1. The molecule has 2 heterocycles. The van der Waals surface area contributed by atoms with Crippen molar-refractivity contribution in [3.8, 4) is 0 Å². The third-order valence-corrected chi connectivity index (χ3v) is 4.35. The van der Waals surface area contributed by atoms with E-state index in [1.54, 1.807) is 0 Å². The Kier molecular flexibility index (Phi) is 2.62. The Labute approximate surface area is 117 Å². The van der Waals surface area contributed by atoms with Gasteiger partial charge in [0.15, 0.2) is 0 Å². The van der Waals surface area contributed by atoms with E-state index in [1.807, 2.05) is 18.2 Å². The predicted octanol–water partition coefficient (Wildman–Crippen LogP) is 3.51. The molecule has 0 bridgehead atoms. The van der Waals surface area contributed by atoms with Crippen LogP contribution in [0.5, 0.6) is 0 Å². The molecule has 1 fully saturated rings. The summed E-state index contributed by atoms with van der Waals surface area (Å²) in [4.78, 5) is 9.00. The van der Waals surface area contributed by atoms with E-state index in [2.05, 4.69) is 26.5 Å². The number of aromatic nitrogens is 3. The lowest BCUT2D eigenvalue weighted by atomic mass is 9.86. The number of para-hydroxylation sites is 2. The van der Waals surface area contributed by atoms with Crippen molar-refractivity contribution in [2.75, 3.05) is 5.73 Å². The van der Waals surface area contributed by atoms with Crippen molar-refractivity contribution < 1.29 is 0 Å². The highest BCUT2D eigenvalue weighted by molar-refractivity contribution is 5.80. The minimum Gasteiger partial charge on any atom is -0.384 e. The third kappa shape index (κ3) is 1.75. The van der Waals surface area contributed by atoms with Crippen molar-refractivity contribution in [1.29, 1.82) is 0 Å². The molecule has 1 aliphatic carbocycles. The Morgan fingerprint density at radius 2 is 1.85 bits per heavy atom. The van der Waals surface area contributed by atoms with Gasteiger partial charge < -0.3 is 5.73 Å². The number of hydrogen-bond donors (Lipinski definition) is 1. The van der Waals surface area contributed by atoms with E-state index in [9.17, 15) is 0 Å². The van der Waals surface area contributed by atoms with Crippen LogP contribution >= 0.6 is 0 Å². The van der Waals surface area contributed by atoms with Crippen molar-refractivity contribution in [1.82, 2.24) is 14.4 Å². The van der Waals surface area contributed by atoms with E-state index in [-0.39, 0.29) is 0 Å². The third-order valence-electron chi connectivity index (χ3n) is 4.35. The molecule has 2 N–H and O–H groups in total. The van der Waals surface area contributed by atoms with E-state index < -0.39 is 0 Å². The molecule has 0 aliphatic heterocycles. The van der Waals surface area contributed by atoms with Crippen LogP contribution in [0, 0.1) is 0 Å². The fourth-order valence-electron chi connectivity index (χ4n) is 3.41. The first-order valence-electron chi connectivity index (χ1n) is 7.36. The number of nitrogens with zero attached hydrogens (tertiary/aromatic N) is 3. The lowest BCUT2D eigenvalue weighted by Gasteiger charge is -2.23. The van der Waals surface area contributed by atoms with Gasteiger partial charge in [-0.25, -0.2) is 4.98 Å². The van der Waals surface area contributed by atoms with Crippen molar-refractivity contribution in [3.63, 3.8) is 0 Å². The molecule has 0 atom stereocenters. The van der Waals surface area contributed by atoms with Gasteiger partial charge in [0, 0.05) is 11.8 Å². The summed E-state index contributed by atoms with van der Waals surface area (Å²) in [6.07, 6.45) is 6.45. The summed E-state index contributed by atoms with van der Waals surface area (Å²) in [5.41, 5.74) is 9.39. The normalized spacial score (nSPS) is 17.0. The number of nitrogens with two attached hydrogens (primary N) is 1. The highest BCUT2D eigenvalue weighted by Gasteiger charge is 2.20. The molecule has 4 rings (SSSR count). The lowest BCUT2D eigenvalue weighted by molar-refractivity contribution is 0.435. The number of nitrogen functional groups attached to an aromatic ring is 1. The summed E-state index contributed by atoms with van der Waals surface area (Å²) in [6.45, 7) is 0. The molecule has 0 saturated heterocycles. The SMILES string of the molecule is Nc1cc(C2CCCCC2)n2c(n1)nc1ccccc12. The minimum atomic E-state index is 0.577. The molecule has 1 saturated carbocycles. The van der Waals surface area contributed by atoms with Gasteiger partial charge in [0.1, 0.15) is 5.82 Å². The van der Waals surface area contributed by atoms with Crippen LogP contribution in [-0.2, 0) is 0 Å². The minimum absolute atomic E-state index is 0.577. The van der Waals surface area contributed by atoms with Crippen LogP contribution in [0.4, 0.5) is 5.82 Å². The van der Waals surface area contributed by atoms with Crippen LogP contribution in [0.25, 0.3) is 16.8 Å². The van der Waals surface area contributed by atoms with E-state index in [4.69, 9.17) is 5.73 Å². The first-order valence-corrected chi connectivity index (χ1v) is 7.36. The lowest BCUT2D eigenvalue weighted by Crippen LogP contribution is -2.11. The van der Waals surface area contributed by atoms with Crippen LogP contribution in [0.1, 0.15) is 43.7 Å². The van der Waals surface area contributed by atoms with E-state index >= 15 is 0 Å². The zero-order chi connectivity index (χ0) is 13.5. The quantitative estimate of drug-likeness (QED) is 0.733. The Morgan fingerprint density at radius 3 is 2.70 bits per heavy atom. The molecule has 2 aromatic heterocycles. The van der Waals surface area contributed by atoms with Crippen LogP contribution in [0.15, 0.2) is 30.3 Å². The van der Waals surface area contributed by atoms with Gasteiger partial charge in [-0.2, -0.15) is 4.98 Å². The Hall–Kier alpha value is -2.10. The number of fused-ring (bicyclic) bond motifs is 3. The van der Waals surface area contributed by atoms with Gasteiger partial charge >= 0.3 is 0 Å². The van der Waals surface area contributed by atoms with Gasteiger partial charge in [0.25, 0.3) is 0 Å². The van der Waals surface area contributed by atoms with Gasteiger partial charge in [0.2, 0.25) is 5.78 Å². The van der Waals surface area contributed by atoms with Crippen molar-refractivity contribution in [2.45, 2.75) is 38.0 Å². The topological polar surface area (TPSA) is 56.2 Å². The summed E-state index contributed by atoms with van der Waals surface area (Å²) in [5, 5.41) is 0.